The summed E-state index contributed by atoms with van der Waals surface area (Å²) in [7, 11) is 0. The summed E-state index contributed by atoms with van der Waals surface area (Å²) in [5, 5.41) is 10.5. The molecular formula is C17H16F3NO3. The van der Waals surface area contributed by atoms with Crippen molar-refractivity contribution >= 4 is 5.91 Å². The molecule has 2 rings (SSSR count). The molecule has 0 aliphatic rings. The topological polar surface area (TPSA) is 72.6 Å². The standard InChI is InChI=1S/C17H16F3NO3/c1-16(23,11-5-4-6-12(9-11)17(18,19)20)10-24-14-8-3-2-7-13(14)15(21)22/h2-9,23H,10H2,1H3,(H2,21,22)/t16-/m0/s1. The molecule has 24 heavy (non-hydrogen) atoms. The van der Waals surface area contributed by atoms with Crippen LogP contribution in [-0.2, 0) is 11.8 Å². The van der Waals surface area contributed by atoms with Crippen LogP contribution in [0.2, 0.25) is 0 Å². The molecule has 1 amide bonds. The molecule has 3 N–H and O–H groups in total. The van der Waals surface area contributed by atoms with E-state index in [1.165, 1.54) is 31.2 Å². The van der Waals surface area contributed by atoms with E-state index in [1.807, 2.05) is 0 Å². The summed E-state index contributed by atoms with van der Waals surface area (Å²) in [6, 6.07) is 10.5. The minimum atomic E-state index is -4.51. The van der Waals surface area contributed by atoms with E-state index in [1.54, 1.807) is 12.1 Å². The number of rotatable bonds is 5. The third-order valence-electron chi connectivity index (χ3n) is 3.47. The molecular weight excluding hydrogens is 323 g/mol. The van der Waals surface area contributed by atoms with Gasteiger partial charge in [-0.2, -0.15) is 13.2 Å². The Labute approximate surface area is 136 Å². The van der Waals surface area contributed by atoms with Crippen molar-refractivity contribution < 1.29 is 27.8 Å². The molecule has 0 aliphatic heterocycles. The molecule has 0 saturated heterocycles. The van der Waals surface area contributed by atoms with E-state index in [-0.39, 0.29) is 23.5 Å². The SMILES string of the molecule is C[C@](O)(COc1ccccc1C(N)=O)c1cccc(C(F)(F)F)c1. The van der Waals surface area contributed by atoms with Crippen LogP contribution >= 0.6 is 0 Å². The Morgan fingerprint density at radius 3 is 2.38 bits per heavy atom. The van der Waals surface area contributed by atoms with Crippen LogP contribution in [0.25, 0.3) is 0 Å². The maximum absolute atomic E-state index is 12.8. The van der Waals surface area contributed by atoms with Crippen molar-refractivity contribution in [2.75, 3.05) is 6.61 Å². The number of alkyl halides is 3. The van der Waals surface area contributed by atoms with E-state index in [2.05, 4.69) is 0 Å². The van der Waals surface area contributed by atoms with Gasteiger partial charge in [-0.15, -0.1) is 0 Å². The van der Waals surface area contributed by atoms with Crippen molar-refractivity contribution in [2.45, 2.75) is 18.7 Å². The van der Waals surface area contributed by atoms with Gasteiger partial charge in [0.15, 0.2) is 0 Å². The lowest BCUT2D eigenvalue weighted by Gasteiger charge is -2.25. The van der Waals surface area contributed by atoms with Crippen molar-refractivity contribution in [3.63, 3.8) is 0 Å². The number of amides is 1. The third kappa shape index (κ3) is 4.05. The molecule has 7 heteroatoms. The molecule has 0 fully saturated rings. The number of para-hydroxylation sites is 1. The quantitative estimate of drug-likeness (QED) is 0.879. The lowest BCUT2D eigenvalue weighted by Crippen LogP contribution is -2.30. The number of ether oxygens (including phenoxy) is 1. The van der Waals surface area contributed by atoms with Gasteiger partial charge in [-0.1, -0.05) is 24.3 Å². The minimum absolute atomic E-state index is 0.0499. The predicted octanol–water partition coefficient (Wildman–Crippen LogP) is 3.09. The zero-order valence-corrected chi connectivity index (χ0v) is 12.8. The number of carbonyl (C=O) groups excluding carboxylic acids is 1. The van der Waals surface area contributed by atoms with Gasteiger partial charge in [-0.3, -0.25) is 4.79 Å². The van der Waals surface area contributed by atoms with Crippen LogP contribution in [0.1, 0.15) is 28.4 Å². The number of primary amides is 1. The molecule has 2 aromatic rings. The van der Waals surface area contributed by atoms with Crippen molar-refractivity contribution in [1.29, 1.82) is 0 Å². The highest BCUT2D eigenvalue weighted by Gasteiger charge is 2.33. The summed E-state index contributed by atoms with van der Waals surface area (Å²) in [6.07, 6.45) is -4.51. The predicted molar refractivity (Wildman–Crippen MR) is 81.5 cm³/mol. The summed E-state index contributed by atoms with van der Waals surface area (Å²) in [5.41, 5.74) is 2.85. The van der Waals surface area contributed by atoms with Crippen molar-refractivity contribution in [2.24, 2.45) is 5.73 Å². The Morgan fingerprint density at radius 2 is 1.75 bits per heavy atom. The minimum Gasteiger partial charge on any atom is -0.489 e. The van der Waals surface area contributed by atoms with Gasteiger partial charge in [0.05, 0.1) is 11.1 Å². The molecule has 1 atom stereocenters. The fraction of sp³-hybridized carbons (Fsp3) is 0.235. The smallest absolute Gasteiger partial charge is 0.416 e. The van der Waals surface area contributed by atoms with E-state index in [0.29, 0.717) is 0 Å². The average Bonchev–Trinajstić information content (AvgIpc) is 2.52. The van der Waals surface area contributed by atoms with Crippen LogP contribution < -0.4 is 10.5 Å². The number of hydrogen-bond acceptors (Lipinski definition) is 3. The van der Waals surface area contributed by atoms with Gasteiger partial charge in [0.25, 0.3) is 5.91 Å². The van der Waals surface area contributed by atoms with Gasteiger partial charge >= 0.3 is 6.18 Å². The van der Waals surface area contributed by atoms with E-state index in [0.717, 1.165) is 12.1 Å². The zero-order valence-electron chi connectivity index (χ0n) is 12.8. The zero-order chi connectivity index (χ0) is 18.0. The second kappa shape index (κ2) is 6.52. The fourth-order valence-electron chi connectivity index (χ4n) is 2.13. The number of hydrogen-bond donors (Lipinski definition) is 2. The first-order chi connectivity index (χ1) is 11.1. The molecule has 2 aromatic carbocycles. The van der Waals surface area contributed by atoms with E-state index in [4.69, 9.17) is 10.5 Å². The highest BCUT2D eigenvalue weighted by atomic mass is 19.4. The highest BCUT2D eigenvalue weighted by Crippen LogP contribution is 2.32. The molecule has 0 aliphatic carbocycles. The Kier molecular flexibility index (Phi) is 4.84. The Balaban J connectivity index is 2.22. The summed E-state index contributed by atoms with van der Waals surface area (Å²) in [5.74, 6) is -0.554. The van der Waals surface area contributed by atoms with Crippen molar-refractivity contribution in [3.05, 3.63) is 65.2 Å². The largest absolute Gasteiger partial charge is 0.489 e. The van der Waals surface area contributed by atoms with Crippen LogP contribution in [0.5, 0.6) is 5.75 Å². The molecule has 0 radical (unpaired) electrons. The third-order valence-corrected chi connectivity index (χ3v) is 3.47. The van der Waals surface area contributed by atoms with Gasteiger partial charge in [0.1, 0.15) is 18.0 Å². The Morgan fingerprint density at radius 1 is 1.12 bits per heavy atom. The molecule has 0 spiro atoms. The molecule has 0 bridgehead atoms. The van der Waals surface area contributed by atoms with Crippen LogP contribution in [0, 0.1) is 0 Å². The monoisotopic (exact) mass is 339 g/mol. The Hall–Kier alpha value is -2.54. The van der Waals surface area contributed by atoms with Gasteiger partial charge in [0.2, 0.25) is 0 Å². The molecule has 128 valence electrons. The number of benzene rings is 2. The molecule has 4 nitrogen and oxygen atoms in total. The second-order valence-corrected chi connectivity index (χ2v) is 5.50. The Bertz CT molecular complexity index is 742. The lowest BCUT2D eigenvalue weighted by atomic mass is 9.95. The molecule has 0 unspecified atom stereocenters. The number of halogens is 3. The van der Waals surface area contributed by atoms with E-state index < -0.39 is 23.2 Å². The average molecular weight is 339 g/mol. The summed E-state index contributed by atoms with van der Waals surface area (Å²) < 4.78 is 43.8. The fourth-order valence-corrected chi connectivity index (χ4v) is 2.13. The maximum Gasteiger partial charge on any atom is 0.416 e. The molecule has 0 aromatic heterocycles. The summed E-state index contributed by atoms with van der Waals surface area (Å²) >= 11 is 0. The number of carbonyl (C=O) groups is 1. The lowest BCUT2D eigenvalue weighted by molar-refractivity contribution is -0.137. The first-order valence-electron chi connectivity index (χ1n) is 7.03. The highest BCUT2D eigenvalue weighted by molar-refractivity contribution is 5.95. The van der Waals surface area contributed by atoms with Gasteiger partial charge < -0.3 is 15.6 Å². The first-order valence-corrected chi connectivity index (χ1v) is 7.03. The maximum atomic E-state index is 12.8. The number of nitrogens with two attached hydrogens (primary N) is 1. The van der Waals surface area contributed by atoms with Gasteiger partial charge in [0, 0.05) is 0 Å². The van der Waals surface area contributed by atoms with Crippen LogP contribution in [0.4, 0.5) is 13.2 Å². The van der Waals surface area contributed by atoms with Crippen molar-refractivity contribution in [3.8, 4) is 5.75 Å². The van der Waals surface area contributed by atoms with E-state index >= 15 is 0 Å². The van der Waals surface area contributed by atoms with Crippen LogP contribution in [-0.4, -0.2) is 17.6 Å². The van der Waals surface area contributed by atoms with Crippen LogP contribution in [0.3, 0.4) is 0 Å². The van der Waals surface area contributed by atoms with Gasteiger partial charge in [-0.25, -0.2) is 0 Å². The molecule has 0 saturated carbocycles. The normalized spacial score (nSPS) is 14.0. The van der Waals surface area contributed by atoms with Crippen molar-refractivity contribution in [1.82, 2.24) is 0 Å². The first kappa shape index (κ1) is 17.8. The summed E-state index contributed by atoms with van der Waals surface area (Å²) in [4.78, 5) is 11.3. The summed E-state index contributed by atoms with van der Waals surface area (Å²) in [6.45, 7) is 0.980. The van der Waals surface area contributed by atoms with Crippen LogP contribution in [0.15, 0.2) is 48.5 Å². The molecule has 0 heterocycles. The number of aliphatic hydroxyl groups is 1. The van der Waals surface area contributed by atoms with E-state index in [9.17, 15) is 23.1 Å². The van der Waals surface area contributed by atoms with Gasteiger partial charge in [-0.05, 0) is 36.8 Å². The second-order valence-electron chi connectivity index (χ2n) is 5.50.